The van der Waals surface area contributed by atoms with Gasteiger partial charge < -0.3 is 5.11 Å². The van der Waals surface area contributed by atoms with E-state index in [2.05, 4.69) is 27.8 Å². The Bertz CT molecular complexity index is 1520. The van der Waals surface area contributed by atoms with Crippen molar-refractivity contribution in [3.05, 3.63) is 101 Å². The van der Waals surface area contributed by atoms with Crippen molar-refractivity contribution in [3.63, 3.8) is 0 Å². The van der Waals surface area contributed by atoms with Crippen molar-refractivity contribution in [3.8, 4) is 11.8 Å². The van der Waals surface area contributed by atoms with Gasteiger partial charge in [0.2, 0.25) is 0 Å². The highest BCUT2D eigenvalue weighted by molar-refractivity contribution is 9.10. The number of hydrogen-bond donors (Lipinski definition) is 1. The van der Waals surface area contributed by atoms with E-state index < -0.39 is 11.7 Å². The van der Waals surface area contributed by atoms with E-state index in [0.29, 0.717) is 27.1 Å². The number of carbonyl (C=O) groups is 1. The first-order chi connectivity index (χ1) is 15.3. The summed E-state index contributed by atoms with van der Waals surface area (Å²) in [7, 11) is 1.63. The predicted octanol–water partition coefficient (Wildman–Crippen LogP) is 3.86. The quantitative estimate of drug-likeness (QED) is 0.424. The largest absolute Gasteiger partial charge is 0.478 e. The Morgan fingerprint density at radius 3 is 2.53 bits per heavy atom. The second-order valence-corrected chi connectivity index (χ2v) is 9.12. The third-order valence-electron chi connectivity index (χ3n) is 4.95. The fourth-order valence-electron chi connectivity index (χ4n) is 3.30. The summed E-state index contributed by atoms with van der Waals surface area (Å²) >= 11 is 4.76. The van der Waals surface area contributed by atoms with Gasteiger partial charge in [0.25, 0.3) is 5.56 Å². The SMILES string of the molecule is Cn1c(=O)n(Cc2ccc(C(=O)O)cc2)c(=O)c2cc(C#CCc3cccc(Br)c3)sc21. The molecule has 0 aliphatic carbocycles. The molecular formula is C24H17BrN2O4S. The number of fused-ring (bicyclic) bond motifs is 1. The highest BCUT2D eigenvalue weighted by Gasteiger charge is 2.14. The summed E-state index contributed by atoms with van der Waals surface area (Å²) in [6.45, 7) is 0.0566. The predicted molar refractivity (Wildman–Crippen MR) is 129 cm³/mol. The summed E-state index contributed by atoms with van der Waals surface area (Å²) in [5.41, 5.74) is 1.07. The standard InChI is InChI=1S/C24H17BrN2O4S/c1-26-22-20(13-19(32-22)7-3-5-15-4-2-6-18(25)12-15)21(28)27(24(26)31)14-16-8-10-17(11-9-16)23(29)30/h2,4,6,8-13H,5,14H2,1H3,(H,29,30). The summed E-state index contributed by atoms with van der Waals surface area (Å²) in [4.78, 5) is 38.2. The summed E-state index contributed by atoms with van der Waals surface area (Å²) in [5, 5.41) is 9.46. The molecule has 0 atom stereocenters. The van der Waals surface area contributed by atoms with E-state index in [1.807, 2.05) is 24.3 Å². The molecular weight excluding hydrogens is 492 g/mol. The van der Waals surface area contributed by atoms with E-state index in [4.69, 9.17) is 5.11 Å². The molecule has 2 aromatic carbocycles. The molecule has 0 bridgehead atoms. The lowest BCUT2D eigenvalue weighted by Gasteiger charge is -2.08. The maximum Gasteiger partial charge on any atom is 0.335 e. The molecule has 4 aromatic rings. The number of nitrogens with zero attached hydrogens (tertiary/aromatic N) is 2. The van der Waals surface area contributed by atoms with Gasteiger partial charge in [0.15, 0.2) is 0 Å². The van der Waals surface area contributed by atoms with Crippen LogP contribution in [0.2, 0.25) is 0 Å². The third kappa shape index (κ3) is 4.44. The Balaban J connectivity index is 1.67. The van der Waals surface area contributed by atoms with Gasteiger partial charge in [0.05, 0.1) is 22.4 Å². The fourth-order valence-corrected chi connectivity index (χ4v) is 4.73. The molecule has 0 unspecified atom stereocenters. The molecule has 0 saturated heterocycles. The fraction of sp³-hybridized carbons (Fsp3) is 0.125. The normalized spacial score (nSPS) is 10.7. The van der Waals surface area contributed by atoms with Crippen molar-refractivity contribution in [1.29, 1.82) is 0 Å². The molecule has 4 rings (SSSR count). The number of aryl methyl sites for hydroxylation is 1. The highest BCUT2D eigenvalue weighted by Crippen LogP contribution is 2.21. The number of benzene rings is 2. The Labute approximate surface area is 195 Å². The monoisotopic (exact) mass is 508 g/mol. The van der Waals surface area contributed by atoms with Crippen LogP contribution < -0.4 is 11.2 Å². The van der Waals surface area contributed by atoms with Crippen molar-refractivity contribution in [2.45, 2.75) is 13.0 Å². The van der Waals surface area contributed by atoms with E-state index in [-0.39, 0.29) is 17.7 Å². The van der Waals surface area contributed by atoms with Crippen LogP contribution in [-0.2, 0) is 20.0 Å². The zero-order valence-corrected chi connectivity index (χ0v) is 19.4. The van der Waals surface area contributed by atoms with E-state index in [1.165, 1.54) is 28.0 Å². The summed E-state index contributed by atoms with van der Waals surface area (Å²) in [6, 6.07) is 15.7. The molecule has 8 heteroatoms. The molecule has 2 heterocycles. The van der Waals surface area contributed by atoms with Crippen LogP contribution in [0, 0.1) is 11.8 Å². The summed E-state index contributed by atoms with van der Waals surface area (Å²) in [6.07, 6.45) is 0.573. The van der Waals surface area contributed by atoms with E-state index in [0.717, 1.165) is 14.6 Å². The number of carboxylic acid groups (broad SMARTS) is 1. The Morgan fingerprint density at radius 2 is 1.84 bits per heavy atom. The molecule has 0 radical (unpaired) electrons. The second-order valence-electron chi connectivity index (χ2n) is 7.17. The molecule has 6 nitrogen and oxygen atoms in total. The van der Waals surface area contributed by atoms with E-state index in [9.17, 15) is 14.4 Å². The Hall–Kier alpha value is -3.41. The maximum absolute atomic E-state index is 13.0. The van der Waals surface area contributed by atoms with Gasteiger partial charge in [-0.3, -0.25) is 13.9 Å². The molecule has 160 valence electrons. The number of aromatic nitrogens is 2. The lowest BCUT2D eigenvalue weighted by Crippen LogP contribution is -2.38. The first-order valence-corrected chi connectivity index (χ1v) is 11.2. The second kappa shape index (κ2) is 8.99. The first kappa shape index (κ1) is 21.8. The Morgan fingerprint density at radius 1 is 1.09 bits per heavy atom. The van der Waals surface area contributed by atoms with Crippen molar-refractivity contribution < 1.29 is 9.90 Å². The van der Waals surface area contributed by atoms with Crippen LogP contribution >= 0.6 is 27.3 Å². The maximum atomic E-state index is 13.0. The third-order valence-corrected chi connectivity index (χ3v) is 6.57. The number of hydrogen-bond acceptors (Lipinski definition) is 4. The van der Waals surface area contributed by atoms with Gasteiger partial charge in [0, 0.05) is 17.9 Å². The first-order valence-electron chi connectivity index (χ1n) is 9.62. The van der Waals surface area contributed by atoms with Gasteiger partial charge >= 0.3 is 11.7 Å². The van der Waals surface area contributed by atoms with Gasteiger partial charge in [0.1, 0.15) is 4.83 Å². The molecule has 0 fully saturated rings. The highest BCUT2D eigenvalue weighted by atomic mass is 79.9. The molecule has 32 heavy (non-hydrogen) atoms. The molecule has 0 spiro atoms. The number of aromatic carboxylic acids is 1. The lowest BCUT2D eigenvalue weighted by molar-refractivity contribution is 0.0697. The van der Waals surface area contributed by atoms with Crippen molar-refractivity contribution in [1.82, 2.24) is 9.13 Å². The van der Waals surface area contributed by atoms with Crippen LogP contribution in [0.25, 0.3) is 10.2 Å². The van der Waals surface area contributed by atoms with Crippen LogP contribution in [-0.4, -0.2) is 20.2 Å². The molecule has 0 amide bonds. The van der Waals surface area contributed by atoms with Gasteiger partial charge in [-0.05, 0) is 41.5 Å². The van der Waals surface area contributed by atoms with E-state index >= 15 is 0 Å². The number of halogens is 1. The van der Waals surface area contributed by atoms with Gasteiger partial charge in [-0.1, -0.05) is 52.0 Å². The minimum atomic E-state index is -1.03. The van der Waals surface area contributed by atoms with Crippen molar-refractivity contribution >= 4 is 43.5 Å². The van der Waals surface area contributed by atoms with Gasteiger partial charge in [-0.2, -0.15) is 0 Å². The van der Waals surface area contributed by atoms with Crippen LogP contribution in [0.5, 0.6) is 0 Å². The lowest BCUT2D eigenvalue weighted by atomic mass is 10.1. The smallest absolute Gasteiger partial charge is 0.335 e. The average Bonchev–Trinajstić information content (AvgIpc) is 3.20. The summed E-state index contributed by atoms with van der Waals surface area (Å²) in [5.74, 6) is 5.19. The molecule has 0 aliphatic rings. The number of rotatable bonds is 4. The molecule has 0 aliphatic heterocycles. The zero-order valence-electron chi connectivity index (χ0n) is 17.0. The minimum absolute atomic E-state index is 0.0566. The topological polar surface area (TPSA) is 81.3 Å². The van der Waals surface area contributed by atoms with Crippen LogP contribution in [0.3, 0.4) is 0 Å². The zero-order chi connectivity index (χ0) is 22.8. The van der Waals surface area contributed by atoms with Crippen LogP contribution in [0.15, 0.2) is 68.7 Å². The van der Waals surface area contributed by atoms with Gasteiger partial charge in [-0.15, -0.1) is 11.3 Å². The molecule has 1 N–H and O–H groups in total. The van der Waals surface area contributed by atoms with E-state index in [1.54, 1.807) is 25.2 Å². The number of thiophene rings is 1. The molecule has 0 saturated carbocycles. The molecule has 2 aromatic heterocycles. The van der Waals surface area contributed by atoms with Crippen molar-refractivity contribution in [2.75, 3.05) is 0 Å². The van der Waals surface area contributed by atoms with Crippen LogP contribution in [0.4, 0.5) is 0 Å². The van der Waals surface area contributed by atoms with Gasteiger partial charge in [-0.25, -0.2) is 9.59 Å². The average molecular weight is 509 g/mol. The number of carboxylic acids is 1. The van der Waals surface area contributed by atoms with Crippen molar-refractivity contribution in [2.24, 2.45) is 7.05 Å². The Kier molecular flexibility index (Phi) is 6.12. The van der Waals surface area contributed by atoms with Crippen LogP contribution in [0.1, 0.15) is 26.4 Å². The summed E-state index contributed by atoms with van der Waals surface area (Å²) < 4.78 is 3.60. The minimum Gasteiger partial charge on any atom is -0.478 e.